The predicted molar refractivity (Wildman–Crippen MR) is 69.6 cm³/mol. The standard InChI is InChI=1S/C13H17N3O3/c1-15-11(14)7-12(17)16(13(15)18)8-9-3-5-10(19-2)6-4-9/h3-7,13,18H,8,14H2,1-2H3. The Hall–Kier alpha value is -2.21. The van der Waals surface area contributed by atoms with Crippen LogP contribution in [0.3, 0.4) is 0 Å². The van der Waals surface area contributed by atoms with Crippen molar-refractivity contribution in [2.24, 2.45) is 5.73 Å². The lowest BCUT2D eigenvalue weighted by Gasteiger charge is -2.38. The fraction of sp³-hybridized carbons (Fsp3) is 0.308. The van der Waals surface area contributed by atoms with E-state index in [1.165, 1.54) is 15.9 Å². The van der Waals surface area contributed by atoms with Crippen LogP contribution in [0.4, 0.5) is 0 Å². The van der Waals surface area contributed by atoms with Crippen molar-refractivity contribution < 1.29 is 14.6 Å². The van der Waals surface area contributed by atoms with Crippen molar-refractivity contribution in [2.75, 3.05) is 14.2 Å². The zero-order valence-electron chi connectivity index (χ0n) is 10.9. The van der Waals surface area contributed by atoms with E-state index in [1.807, 2.05) is 24.3 Å². The second-order valence-corrected chi connectivity index (χ2v) is 4.34. The van der Waals surface area contributed by atoms with Gasteiger partial charge in [-0.15, -0.1) is 0 Å². The Balaban J connectivity index is 2.15. The zero-order valence-corrected chi connectivity index (χ0v) is 10.9. The molecule has 0 radical (unpaired) electrons. The zero-order chi connectivity index (χ0) is 14.0. The third kappa shape index (κ3) is 2.63. The number of nitrogens with zero attached hydrogens (tertiary/aromatic N) is 2. The number of aliphatic hydroxyl groups is 1. The molecule has 1 aliphatic heterocycles. The summed E-state index contributed by atoms with van der Waals surface area (Å²) in [5.74, 6) is 0.693. The maximum atomic E-state index is 11.8. The van der Waals surface area contributed by atoms with Gasteiger partial charge in [-0.05, 0) is 17.7 Å². The monoisotopic (exact) mass is 263 g/mol. The van der Waals surface area contributed by atoms with E-state index in [0.29, 0.717) is 6.54 Å². The SMILES string of the molecule is COc1ccc(CN2C(=O)C=C(N)N(C)C2O)cc1. The van der Waals surface area contributed by atoms with Crippen molar-refractivity contribution in [3.8, 4) is 5.75 Å². The molecule has 0 fully saturated rings. The van der Waals surface area contributed by atoms with E-state index in [1.54, 1.807) is 14.2 Å². The molecule has 0 bridgehead atoms. The topological polar surface area (TPSA) is 79.0 Å². The fourth-order valence-electron chi connectivity index (χ4n) is 1.85. The van der Waals surface area contributed by atoms with E-state index in [4.69, 9.17) is 10.5 Å². The van der Waals surface area contributed by atoms with Gasteiger partial charge < -0.3 is 20.5 Å². The lowest BCUT2D eigenvalue weighted by atomic mass is 10.2. The number of benzene rings is 1. The average Bonchev–Trinajstić information content (AvgIpc) is 2.42. The molecule has 102 valence electrons. The van der Waals surface area contributed by atoms with Crippen LogP contribution >= 0.6 is 0 Å². The summed E-state index contributed by atoms with van der Waals surface area (Å²) in [5.41, 5.74) is 6.51. The number of hydrogen-bond donors (Lipinski definition) is 2. The van der Waals surface area contributed by atoms with Crippen molar-refractivity contribution in [1.82, 2.24) is 9.80 Å². The van der Waals surface area contributed by atoms with E-state index in [9.17, 15) is 9.90 Å². The van der Waals surface area contributed by atoms with Gasteiger partial charge in [0.25, 0.3) is 5.91 Å². The summed E-state index contributed by atoms with van der Waals surface area (Å²) >= 11 is 0. The molecule has 0 aromatic heterocycles. The van der Waals surface area contributed by atoms with Gasteiger partial charge >= 0.3 is 0 Å². The summed E-state index contributed by atoms with van der Waals surface area (Å²) in [6, 6.07) is 7.31. The molecule has 2 rings (SSSR count). The average molecular weight is 263 g/mol. The van der Waals surface area contributed by atoms with E-state index in [-0.39, 0.29) is 11.7 Å². The number of carbonyl (C=O) groups excluding carboxylic acids is 1. The summed E-state index contributed by atoms with van der Waals surface area (Å²) in [6.45, 7) is 0.304. The van der Waals surface area contributed by atoms with Crippen LogP contribution in [-0.4, -0.2) is 41.3 Å². The van der Waals surface area contributed by atoms with E-state index in [2.05, 4.69) is 0 Å². The number of carbonyl (C=O) groups is 1. The molecule has 3 N–H and O–H groups in total. The van der Waals surface area contributed by atoms with E-state index >= 15 is 0 Å². The summed E-state index contributed by atoms with van der Waals surface area (Å²) in [7, 11) is 3.22. The van der Waals surface area contributed by atoms with Crippen molar-refractivity contribution in [2.45, 2.75) is 12.9 Å². The Kier molecular flexibility index (Phi) is 3.62. The van der Waals surface area contributed by atoms with Crippen LogP contribution in [0, 0.1) is 0 Å². The van der Waals surface area contributed by atoms with Crippen molar-refractivity contribution in [3.63, 3.8) is 0 Å². The van der Waals surface area contributed by atoms with Gasteiger partial charge in [-0.3, -0.25) is 9.69 Å². The predicted octanol–water partition coefficient (Wildman–Crippen LogP) is 0.0452. The molecule has 1 atom stereocenters. The maximum absolute atomic E-state index is 11.8. The smallest absolute Gasteiger partial charge is 0.253 e. The van der Waals surface area contributed by atoms with Gasteiger partial charge in [-0.2, -0.15) is 0 Å². The number of aliphatic hydroxyl groups excluding tert-OH is 1. The molecular weight excluding hydrogens is 246 g/mol. The molecule has 6 nitrogen and oxygen atoms in total. The molecule has 1 amide bonds. The molecule has 1 aromatic carbocycles. The third-order valence-electron chi connectivity index (χ3n) is 3.10. The number of ether oxygens (including phenoxy) is 1. The molecule has 19 heavy (non-hydrogen) atoms. The molecule has 0 saturated heterocycles. The van der Waals surface area contributed by atoms with Crippen LogP contribution in [0.1, 0.15) is 5.56 Å². The first-order valence-electron chi connectivity index (χ1n) is 5.84. The highest BCUT2D eigenvalue weighted by molar-refractivity contribution is 5.89. The number of rotatable bonds is 3. The Bertz CT molecular complexity index is 498. The van der Waals surface area contributed by atoms with Gasteiger partial charge in [0.15, 0.2) is 0 Å². The lowest BCUT2D eigenvalue weighted by molar-refractivity contribution is -0.153. The number of hydrogen-bond acceptors (Lipinski definition) is 5. The van der Waals surface area contributed by atoms with Crippen molar-refractivity contribution in [3.05, 3.63) is 41.7 Å². The summed E-state index contributed by atoms with van der Waals surface area (Å²) < 4.78 is 5.07. The Morgan fingerprint density at radius 3 is 2.58 bits per heavy atom. The van der Waals surface area contributed by atoms with Gasteiger partial charge in [0.05, 0.1) is 13.7 Å². The summed E-state index contributed by atoms with van der Waals surface area (Å²) in [6.07, 6.45) is 0.246. The molecule has 1 aliphatic rings. The second-order valence-electron chi connectivity index (χ2n) is 4.34. The van der Waals surface area contributed by atoms with Crippen molar-refractivity contribution >= 4 is 5.91 Å². The Labute approximate surface area is 111 Å². The second kappa shape index (κ2) is 5.19. The van der Waals surface area contributed by atoms with Crippen LogP contribution in [0.2, 0.25) is 0 Å². The summed E-state index contributed by atoms with van der Waals surface area (Å²) in [5, 5.41) is 10.0. The largest absolute Gasteiger partial charge is 0.497 e. The first-order chi connectivity index (χ1) is 9.02. The minimum absolute atomic E-state index is 0.253. The molecule has 0 aliphatic carbocycles. The quantitative estimate of drug-likeness (QED) is 0.805. The van der Waals surface area contributed by atoms with Gasteiger partial charge in [0, 0.05) is 13.1 Å². The van der Waals surface area contributed by atoms with Crippen LogP contribution < -0.4 is 10.5 Å². The number of amides is 1. The van der Waals surface area contributed by atoms with Crippen LogP contribution in [0.15, 0.2) is 36.2 Å². The minimum atomic E-state index is -1.06. The highest BCUT2D eigenvalue weighted by atomic mass is 16.5. The Morgan fingerprint density at radius 2 is 2.00 bits per heavy atom. The minimum Gasteiger partial charge on any atom is -0.497 e. The summed E-state index contributed by atoms with van der Waals surface area (Å²) in [4.78, 5) is 14.6. The van der Waals surface area contributed by atoms with Crippen LogP contribution in [0.5, 0.6) is 5.75 Å². The van der Waals surface area contributed by atoms with Gasteiger partial charge in [0.1, 0.15) is 11.6 Å². The fourth-order valence-corrected chi connectivity index (χ4v) is 1.85. The molecule has 0 saturated carbocycles. The third-order valence-corrected chi connectivity index (χ3v) is 3.10. The van der Waals surface area contributed by atoms with E-state index < -0.39 is 6.35 Å². The first kappa shape index (κ1) is 13.2. The van der Waals surface area contributed by atoms with Gasteiger partial charge in [-0.1, -0.05) is 12.1 Å². The van der Waals surface area contributed by atoms with E-state index in [0.717, 1.165) is 11.3 Å². The van der Waals surface area contributed by atoms with Gasteiger partial charge in [0.2, 0.25) is 6.35 Å². The number of methoxy groups -OCH3 is 1. The normalized spacial score (nSPS) is 19.4. The molecule has 1 heterocycles. The van der Waals surface area contributed by atoms with Gasteiger partial charge in [-0.25, -0.2) is 0 Å². The lowest BCUT2D eigenvalue weighted by Crippen LogP contribution is -2.53. The maximum Gasteiger partial charge on any atom is 0.253 e. The first-order valence-corrected chi connectivity index (χ1v) is 5.84. The molecule has 0 spiro atoms. The van der Waals surface area contributed by atoms with Crippen LogP contribution in [0.25, 0.3) is 0 Å². The van der Waals surface area contributed by atoms with Crippen LogP contribution in [-0.2, 0) is 11.3 Å². The molecular formula is C13H17N3O3. The highest BCUT2D eigenvalue weighted by Crippen LogP contribution is 2.18. The number of nitrogens with two attached hydrogens (primary N) is 1. The Morgan fingerprint density at radius 1 is 1.37 bits per heavy atom. The molecule has 1 aromatic rings. The van der Waals surface area contributed by atoms with Crippen molar-refractivity contribution in [1.29, 1.82) is 0 Å². The highest BCUT2D eigenvalue weighted by Gasteiger charge is 2.29. The molecule has 1 unspecified atom stereocenters. The molecule has 6 heteroatoms.